The molecule has 12 heavy (non-hydrogen) atoms. The van der Waals surface area contributed by atoms with Crippen molar-refractivity contribution < 1.29 is 9.90 Å². The molecule has 1 unspecified atom stereocenters. The van der Waals surface area contributed by atoms with E-state index in [9.17, 15) is 9.90 Å². The van der Waals surface area contributed by atoms with Crippen molar-refractivity contribution in [1.29, 1.82) is 0 Å². The maximum Gasteiger partial charge on any atom is 0.225 e. The third-order valence-corrected chi connectivity index (χ3v) is 2.17. The lowest BCUT2D eigenvalue weighted by Crippen LogP contribution is -2.36. The van der Waals surface area contributed by atoms with Crippen LogP contribution in [0.3, 0.4) is 0 Å². The van der Waals surface area contributed by atoms with Crippen LogP contribution in [0.1, 0.15) is 32.6 Å². The highest BCUT2D eigenvalue weighted by Gasteiger charge is 2.17. The second-order valence-electron chi connectivity index (χ2n) is 3.46. The molecule has 1 fully saturated rings. The molecule has 1 atom stereocenters. The minimum Gasteiger partial charge on any atom is -0.343 e. The first kappa shape index (κ1) is 9.52. The van der Waals surface area contributed by atoms with Crippen molar-refractivity contribution in [2.75, 3.05) is 13.1 Å². The lowest BCUT2D eigenvalue weighted by molar-refractivity contribution is -0.134. The molecule has 1 saturated heterocycles. The van der Waals surface area contributed by atoms with E-state index in [4.69, 9.17) is 0 Å². The summed E-state index contributed by atoms with van der Waals surface area (Å²) in [5.41, 5.74) is 0. The Bertz CT molecular complexity index is 151. The standard InChI is InChI=1S/C9H16NO2/c1-8(11)7-9(12)10-5-3-2-4-6-10/h8H,2-7H2,1H3. The summed E-state index contributed by atoms with van der Waals surface area (Å²) in [5.74, 6) is 0.0391. The van der Waals surface area contributed by atoms with Gasteiger partial charge >= 0.3 is 0 Å². The van der Waals surface area contributed by atoms with E-state index < -0.39 is 6.10 Å². The summed E-state index contributed by atoms with van der Waals surface area (Å²) in [6.07, 6.45) is 2.83. The van der Waals surface area contributed by atoms with Crippen molar-refractivity contribution in [3.8, 4) is 0 Å². The summed E-state index contributed by atoms with van der Waals surface area (Å²) in [7, 11) is 0. The minimum atomic E-state index is -0.751. The largest absolute Gasteiger partial charge is 0.343 e. The molecule has 0 aromatic rings. The minimum absolute atomic E-state index is 0.0391. The predicted molar refractivity (Wildman–Crippen MR) is 45.2 cm³/mol. The zero-order chi connectivity index (χ0) is 8.97. The van der Waals surface area contributed by atoms with Crippen molar-refractivity contribution in [2.45, 2.75) is 38.7 Å². The Morgan fingerprint density at radius 3 is 2.42 bits per heavy atom. The molecule has 0 saturated carbocycles. The molecule has 0 bridgehead atoms. The van der Waals surface area contributed by atoms with Crippen molar-refractivity contribution in [1.82, 2.24) is 4.90 Å². The van der Waals surface area contributed by atoms with E-state index in [2.05, 4.69) is 0 Å². The van der Waals surface area contributed by atoms with Gasteiger partial charge in [-0.15, -0.1) is 0 Å². The van der Waals surface area contributed by atoms with Crippen LogP contribution >= 0.6 is 0 Å². The molecule has 1 aliphatic rings. The first-order valence-corrected chi connectivity index (χ1v) is 4.64. The summed E-state index contributed by atoms with van der Waals surface area (Å²) in [5, 5.41) is 10.7. The average molecular weight is 170 g/mol. The number of piperidine rings is 1. The summed E-state index contributed by atoms with van der Waals surface area (Å²) in [4.78, 5) is 13.2. The molecule has 0 spiro atoms. The van der Waals surface area contributed by atoms with Gasteiger partial charge in [0.15, 0.2) is 0 Å². The Morgan fingerprint density at radius 2 is 1.92 bits per heavy atom. The fourth-order valence-corrected chi connectivity index (χ4v) is 1.52. The molecule has 1 aliphatic heterocycles. The molecule has 0 aromatic heterocycles. The number of amides is 1. The smallest absolute Gasteiger partial charge is 0.225 e. The van der Waals surface area contributed by atoms with E-state index in [-0.39, 0.29) is 12.3 Å². The van der Waals surface area contributed by atoms with Crippen molar-refractivity contribution >= 4 is 5.91 Å². The maximum atomic E-state index is 11.3. The predicted octanol–water partition coefficient (Wildman–Crippen LogP) is 1.21. The highest BCUT2D eigenvalue weighted by atomic mass is 16.3. The molecular formula is C9H16NO2. The van der Waals surface area contributed by atoms with Gasteiger partial charge in [0.1, 0.15) is 0 Å². The normalized spacial score (nSPS) is 20.7. The highest BCUT2D eigenvalue weighted by molar-refractivity contribution is 5.76. The van der Waals surface area contributed by atoms with E-state index in [0.29, 0.717) is 0 Å². The van der Waals surface area contributed by atoms with Gasteiger partial charge in [0.05, 0.1) is 12.5 Å². The number of likely N-dealkylation sites (tertiary alicyclic amines) is 1. The lowest BCUT2D eigenvalue weighted by atomic mass is 10.1. The number of nitrogens with zero attached hydrogens (tertiary/aromatic N) is 1. The molecule has 0 aliphatic carbocycles. The van der Waals surface area contributed by atoms with E-state index in [1.807, 2.05) is 4.90 Å². The zero-order valence-corrected chi connectivity index (χ0v) is 7.58. The molecule has 3 heteroatoms. The van der Waals surface area contributed by atoms with Crippen LogP contribution in [0.15, 0.2) is 0 Å². The van der Waals surface area contributed by atoms with Crippen molar-refractivity contribution in [2.24, 2.45) is 0 Å². The molecule has 1 amide bonds. The summed E-state index contributed by atoms with van der Waals surface area (Å²) >= 11 is 0. The van der Waals surface area contributed by atoms with Crippen LogP contribution in [-0.2, 0) is 9.90 Å². The fraction of sp³-hybridized carbons (Fsp3) is 0.889. The van der Waals surface area contributed by atoms with E-state index in [0.717, 1.165) is 25.9 Å². The van der Waals surface area contributed by atoms with Gasteiger partial charge in [-0.3, -0.25) is 4.79 Å². The SMILES string of the molecule is CC([O])CC(=O)N1CCCCC1. The molecule has 1 rings (SSSR count). The van der Waals surface area contributed by atoms with Crippen LogP contribution in [0.2, 0.25) is 0 Å². The van der Waals surface area contributed by atoms with Gasteiger partial charge in [0.2, 0.25) is 5.91 Å². The first-order chi connectivity index (χ1) is 5.70. The number of carbonyl (C=O) groups excluding carboxylic acids is 1. The number of hydrogen-bond acceptors (Lipinski definition) is 1. The number of rotatable bonds is 2. The van der Waals surface area contributed by atoms with Gasteiger partial charge in [-0.2, -0.15) is 0 Å². The first-order valence-electron chi connectivity index (χ1n) is 4.64. The van der Waals surface area contributed by atoms with Gasteiger partial charge in [-0.25, -0.2) is 5.11 Å². The van der Waals surface area contributed by atoms with Crippen molar-refractivity contribution in [3.05, 3.63) is 0 Å². The Balaban J connectivity index is 2.30. The third-order valence-electron chi connectivity index (χ3n) is 2.17. The average Bonchev–Trinajstić information content (AvgIpc) is 2.05. The molecule has 1 heterocycles. The molecule has 3 nitrogen and oxygen atoms in total. The van der Waals surface area contributed by atoms with Crippen LogP contribution in [0, 0.1) is 0 Å². The summed E-state index contributed by atoms with van der Waals surface area (Å²) in [6, 6.07) is 0. The van der Waals surface area contributed by atoms with Gasteiger partial charge in [0, 0.05) is 13.1 Å². The highest BCUT2D eigenvalue weighted by Crippen LogP contribution is 2.10. The third kappa shape index (κ3) is 2.81. The van der Waals surface area contributed by atoms with E-state index >= 15 is 0 Å². The van der Waals surface area contributed by atoms with Gasteiger partial charge in [-0.1, -0.05) is 0 Å². The van der Waals surface area contributed by atoms with Gasteiger partial charge in [-0.05, 0) is 26.2 Å². The quantitative estimate of drug-likeness (QED) is 0.614. The Morgan fingerprint density at radius 1 is 1.33 bits per heavy atom. The van der Waals surface area contributed by atoms with Crippen LogP contribution in [0.25, 0.3) is 0 Å². The second kappa shape index (κ2) is 4.45. The van der Waals surface area contributed by atoms with Gasteiger partial charge < -0.3 is 4.90 Å². The van der Waals surface area contributed by atoms with E-state index in [1.54, 1.807) is 6.92 Å². The topological polar surface area (TPSA) is 40.2 Å². The zero-order valence-electron chi connectivity index (χ0n) is 7.58. The summed E-state index contributed by atoms with van der Waals surface area (Å²) < 4.78 is 0. The Kier molecular flexibility index (Phi) is 3.53. The maximum absolute atomic E-state index is 11.3. The fourth-order valence-electron chi connectivity index (χ4n) is 1.52. The molecular weight excluding hydrogens is 154 g/mol. The van der Waals surface area contributed by atoms with E-state index in [1.165, 1.54) is 6.42 Å². The Labute approximate surface area is 73.4 Å². The molecule has 0 aromatic carbocycles. The van der Waals surface area contributed by atoms with Crippen LogP contribution in [0.5, 0.6) is 0 Å². The summed E-state index contributed by atoms with van der Waals surface area (Å²) in [6.45, 7) is 3.25. The second-order valence-corrected chi connectivity index (χ2v) is 3.46. The van der Waals surface area contributed by atoms with Gasteiger partial charge in [0.25, 0.3) is 0 Å². The molecule has 69 valence electrons. The molecule has 0 N–H and O–H groups in total. The molecule has 1 radical (unpaired) electrons. The van der Waals surface area contributed by atoms with Crippen molar-refractivity contribution in [3.63, 3.8) is 0 Å². The van der Waals surface area contributed by atoms with Crippen LogP contribution < -0.4 is 0 Å². The van der Waals surface area contributed by atoms with Crippen LogP contribution in [0.4, 0.5) is 0 Å². The van der Waals surface area contributed by atoms with Crippen LogP contribution in [-0.4, -0.2) is 30.0 Å². The Hall–Kier alpha value is -0.570. The lowest BCUT2D eigenvalue weighted by Gasteiger charge is -2.26. The monoisotopic (exact) mass is 170 g/mol. The number of hydrogen-bond donors (Lipinski definition) is 0. The number of carbonyl (C=O) groups is 1.